The van der Waals surface area contributed by atoms with E-state index in [1.807, 2.05) is 20.8 Å². The van der Waals surface area contributed by atoms with Crippen molar-refractivity contribution in [2.45, 2.75) is 85.4 Å². The standard InChI is InChI=1S/C44H59FN8O9/c1-7-37(46)47-17-16-29(22-36(54)40(27(3)4)49-38(55)10-9-11-39(56)50(5)6)42(58)48-30-14-12-28(13-15-30)26-62-44(61)53-20-18-52(19-21-53)35-24-34-31(23-33(35)45)41(57)32(43(59)60)25-51(34)8-2/h12-15,23-25,27,29,40H,7-11,16-22,26H2,1-6H3,(H2,46,47)(H,48,58)(H,49,55)(H,59,60)/t29-,40+/m1/s1. The zero-order valence-corrected chi connectivity index (χ0v) is 36.4. The molecular weight excluding hydrogens is 804 g/mol. The van der Waals surface area contributed by atoms with Gasteiger partial charge in [-0.1, -0.05) is 32.9 Å². The Balaban J connectivity index is 1.33. The van der Waals surface area contributed by atoms with Gasteiger partial charge in [0, 0.05) is 102 Å². The van der Waals surface area contributed by atoms with Crippen molar-refractivity contribution in [3.05, 3.63) is 69.8 Å². The first kappa shape index (κ1) is 48.3. The van der Waals surface area contributed by atoms with Gasteiger partial charge >= 0.3 is 12.1 Å². The molecule has 62 heavy (non-hydrogen) atoms. The lowest BCUT2D eigenvalue weighted by Crippen LogP contribution is -2.49. The minimum atomic E-state index is -1.38. The molecule has 4 amide bonds. The lowest BCUT2D eigenvalue weighted by molar-refractivity contribution is -0.131. The van der Waals surface area contributed by atoms with Crippen molar-refractivity contribution in [3.63, 3.8) is 0 Å². The van der Waals surface area contributed by atoms with Gasteiger partial charge in [0.25, 0.3) is 0 Å². The Morgan fingerprint density at radius 3 is 2.27 bits per heavy atom. The molecular formula is C44H59FN8O9. The summed E-state index contributed by atoms with van der Waals surface area (Å²) in [5, 5.41) is 15.1. The third-order valence-corrected chi connectivity index (χ3v) is 10.8. The number of carboxylic acid groups (broad SMARTS) is 1. The van der Waals surface area contributed by atoms with Crippen molar-refractivity contribution in [3.8, 4) is 0 Å². The number of aryl methyl sites for hydroxylation is 1. The number of halogens is 1. The average molecular weight is 863 g/mol. The van der Waals surface area contributed by atoms with Crippen molar-refractivity contribution >= 4 is 63.7 Å². The van der Waals surface area contributed by atoms with Gasteiger partial charge in [0.2, 0.25) is 23.2 Å². The summed E-state index contributed by atoms with van der Waals surface area (Å²) >= 11 is 0. The summed E-state index contributed by atoms with van der Waals surface area (Å²) in [4.78, 5) is 98.2. The predicted molar refractivity (Wildman–Crippen MR) is 234 cm³/mol. The minimum absolute atomic E-state index is 0.0249. The van der Waals surface area contributed by atoms with Crippen molar-refractivity contribution in [1.29, 1.82) is 0 Å². The number of anilines is 2. The molecule has 0 unspecified atom stereocenters. The summed E-state index contributed by atoms with van der Waals surface area (Å²) in [6, 6.07) is 8.47. The molecule has 1 aliphatic heterocycles. The number of benzene rings is 2. The number of carbonyl (C=O) groups is 6. The molecule has 18 heteroatoms. The van der Waals surface area contributed by atoms with Crippen LogP contribution in [0.5, 0.6) is 0 Å². The number of piperazine rings is 1. The van der Waals surface area contributed by atoms with E-state index in [0.29, 0.717) is 42.0 Å². The van der Waals surface area contributed by atoms with Gasteiger partial charge in [-0.2, -0.15) is 0 Å². The Morgan fingerprint density at radius 2 is 1.68 bits per heavy atom. The summed E-state index contributed by atoms with van der Waals surface area (Å²) < 4.78 is 22.5. The number of ether oxygens (including phenoxy) is 1. The van der Waals surface area contributed by atoms with Gasteiger partial charge in [-0.15, -0.1) is 0 Å². The highest BCUT2D eigenvalue weighted by Crippen LogP contribution is 2.27. The number of nitrogens with two attached hydrogens (primary N) is 1. The van der Waals surface area contributed by atoms with E-state index in [2.05, 4.69) is 15.6 Å². The van der Waals surface area contributed by atoms with Gasteiger partial charge in [0.15, 0.2) is 5.78 Å². The summed E-state index contributed by atoms with van der Waals surface area (Å²) in [6.07, 6.45) is 1.96. The van der Waals surface area contributed by atoms with Crippen LogP contribution in [0, 0.1) is 17.7 Å². The molecule has 1 fully saturated rings. The van der Waals surface area contributed by atoms with Crippen LogP contribution in [0.4, 0.5) is 20.6 Å². The van der Waals surface area contributed by atoms with E-state index in [4.69, 9.17) is 10.5 Å². The number of nitrogens with zero attached hydrogens (tertiary/aromatic N) is 5. The molecule has 0 spiro atoms. The Labute approximate surface area is 360 Å². The molecule has 2 heterocycles. The van der Waals surface area contributed by atoms with Crippen molar-refractivity contribution in [2.75, 3.05) is 57.0 Å². The number of rotatable bonds is 20. The smallest absolute Gasteiger partial charge is 0.410 e. The quantitative estimate of drug-likeness (QED) is 0.0921. The number of carbonyl (C=O) groups excluding carboxylic acids is 5. The zero-order chi connectivity index (χ0) is 45.7. The van der Waals surface area contributed by atoms with Crippen molar-refractivity contribution < 1.29 is 43.0 Å². The van der Waals surface area contributed by atoms with Crippen LogP contribution in [0.2, 0.25) is 0 Å². The number of aromatic nitrogens is 1. The molecule has 4 rings (SSSR count). The van der Waals surface area contributed by atoms with Crippen LogP contribution in [0.1, 0.15) is 82.1 Å². The fourth-order valence-electron chi connectivity index (χ4n) is 7.01. The first-order chi connectivity index (χ1) is 29.4. The fraction of sp³-hybridized carbons (Fsp3) is 0.500. The van der Waals surface area contributed by atoms with Crippen LogP contribution in [0.15, 0.2) is 52.4 Å². The maximum absolute atomic E-state index is 15.3. The van der Waals surface area contributed by atoms with Crippen LogP contribution >= 0.6 is 0 Å². The number of aromatic carboxylic acids is 1. The number of hydrogen-bond acceptors (Lipinski definition) is 10. The Hall–Kier alpha value is -6.33. The zero-order valence-electron chi connectivity index (χ0n) is 36.4. The van der Waals surface area contributed by atoms with Gasteiger partial charge in [-0.25, -0.2) is 14.0 Å². The van der Waals surface area contributed by atoms with Gasteiger partial charge in [-0.05, 0) is 55.5 Å². The third-order valence-electron chi connectivity index (χ3n) is 10.8. The van der Waals surface area contributed by atoms with E-state index in [1.54, 1.807) is 54.8 Å². The summed E-state index contributed by atoms with van der Waals surface area (Å²) in [6.45, 7) is 8.85. The number of amides is 4. The van der Waals surface area contributed by atoms with Gasteiger partial charge in [0.05, 0.1) is 23.1 Å². The third kappa shape index (κ3) is 13.1. The maximum atomic E-state index is 15.3. The lowest BCUT2D eigenvalue weighted by atomic mass is 9.90. The first-order valence-electron chi connectivity index (χ1n) is 20.9. The number of Topliss-reactive ketones (excluding diaryl/α,β-unsaturated/α-hetero) is 1. The molecule has 2 atom stereocenters. The largest absolute Gasteiger partial charge is 0.477 e. The van der Waals surface area contributed by atoms with E-state index in [-0.39, 0.29) is 99.6 Å². The number of nitrogens with one attached hydrogen (secondary N) is 2. The summed E-state index contributed by atoms with van der Waals surface area (Å²) in [5.41, 5.74) is 6.45. The number of hydrogen-bond donors (Lipinski definition) is 4. The molecule has 1 aromatic heterocycles. The van der Waals surface area contributed by atoms with Gasteiger partial charge < -0.3 is 45.5 Å². The van der Waals surface area contributed by atoms with E-state index < -0.39 is 46.7 Å². The van der Waals surface area contributed by atoms with E-state index in [1.165, 1.54) is 22.1 Å². The highest BCUT2D eigenvalue weighted by Gasteiger charge is 2.30. The number of pyridine rings is 1. The molecule has 0 aliphatic carbocycles. The lowest BCUT2D eigenvalue weighted by Gasteiger charge is -2.35. The first-order valence-corrected chi connectivity index (χ1v) is 20.9. The highest BCUT2D eigenvalue weighted by atomic mass is 19.1. The SMILES string of the molecule is CCC(N)=NCC[C@H](CC(=O)[C@@H](NC(=O)CCCC(=O)N(C)C)C(C)C)C(=O)Nc1ccc(COC(=O)N2CCN(c3cc4c(cc3F)c(=O)c(C(=O)O)cn4CC)CC2)cc1. The Kier molecular flexibility index (Phi) is 17.5. The molecule has 1 aliphatic rings. The molecule has 336 valence electrons. The molecule has 0 saturated carbocycles. The van der Waals surface area contributed by atoms with Crippen molar-refractivity contribution in [2.24, 2.45) is 22.6 Å². The topological polar surface area (TPSA) is 226 Å². The second kappa shape index (κ2) is 22.5. The number of amidine groups is 1. The van der Waals surface area contributed by atoms with Crippen LogP contribution in [-0.2, 0) is 37.1 Å². The molecule has 17 nitrogen and oxygen atoms in total. The van der Waals surface area contributed by atoms with Crippen LogP contribution < -0.4 is 26.7 Å². The normalized spacial score (nSPS) is 14.0. The van der Waals surface area contributed by atoms with E-state index in [0.717, 1.165) is 6.07 Å². The molecule has 0 radical (unpaired) electrons. The van der Waals surface area contributed by atoms with Crippen LogP contribution in [0.3, 0.4) is 0 Å². The number of fused-ring (bicyclic) bond motifs is 1. The van der Waals surface area contributed by atoms with Crippen LogP contribution in [0.25, 0.3) is 10.9 Å². The fourth-order valence-corrected chi connectivity index (χ4v) is 7.01. The molecule has 0 bridgehead atoms. The van der Waals surface area contributed by atoms with Gasteiger partial charge in [-0.3, -0.25) is 29.0 Å². The van der Waals surface area contributed by atoms with E-state index >= 15 is 4.39 Å². The molecule has 1 saturated heterocycles. The molecule has 3 aromatic rings. The van der Waals surface area contributed by atoms with Crippen LogP contribution in [-0.4, -0.2) is 114 Å². The maximum Gasteiger partial charge on any atom is 0.410 e. The summed E-state index contributed by atoms with van der Waals surface area (Å²) in [5.74, 6) is -3.81. The Morgan fingerprint density at radius 1 is 1.00 bits per heavy atom. The van der Waals surface area contributed by atoms with Crippen molar-refractivity contribution in [1.82, 2.24) is 19.7 Å². The predicted octanol–water partition coefficient (Wildman–Crippen LogP) is 4.39. The molecule has 2 aromatic carbocycles. The van der Waals surface area contributed by atoms with Gasteiger partial charge in [0.1, 0.15) is 18.0 Å². The second-order valence-corrected chi connectivity index (χ2v) is 15.8. The number of aliphatic imine (C=N–C) groups is 1. The number of carboxylic acids is 1. The minimum Gasteiger partial charge on any atom is -0.477 e. The average Bonchev–Trinajstić information content (AvgIpc) is 3.24. The second-order valence-electron chi connectivity index (χ2n) is 15.8. The highest BCUT2D eigenvalue weighted by molar-refractivity contribution is 5.98. The number of ketones is 1. The molecule has 5 N–H and O–H groups in total. The summed E-state index contributed by atoms with van der Waals surface area (Å²) in [7, 11) is 3.29. The monoisotopic (exact) mass is 862 g/mol. The Bertz CT molecular complexity index is 2200. The van der Waals surface area contributed by atoms with E-state index in [9.17, 15) is 38.7 Å².